The zero-order valence-electron chi connectivity index (χ0n) is 10.2. The van der Waals surface area contributed by atoms with Crippen molar-refractivity contribution in [2.45, 2.75) is 50.8 Å². The quantitative estimate of drug-likeness (QED) is 0.458. The van der Waals surface area contributed by atoms with Crippen LogP contribution in [-0.2, 0) is 16.3 Å². The van der Waals surface area contributed by atoms with Crippen LogP contribution in [0, 0.1) is 0 Å². The van der Waals surface area contributed by atoms with E-state index in [1.54, 1.807) is 24.8 Å². The predicted molar refractivity (Wildman–Crippen MR) is 77.9 cm³/mol. The van der Waals surface area contributed by atoms with E-state index in [0.717, 1.165) is 0 Å². The fourth-order valence-electron chi connectivity index (χ4n) is 1.67. The first-order chi connectivity index (χ1) is 7.56. The van der Waals surface area contributed by atoms with Crippen molar-refractivity contribution in [3.63, 3.8) is 0 Å². The number of hydrogen-bond acceptors (Lipinski definition) is 4. The molecule has 6 heteroatoms. The molecule has 0 bridgehead atoms. The van der Waals surface area contributed by atoms with Crippen molar-refractivity contribution < 1.29 is 4.52 Å². The highest BCUT2D eigenvalue weighted by Crippen LogP contribution is 2.56. The van der Waals surface area contributed by atoms with Crippen molar-refractivity contribution in [2.24, 2.45) is 4.99 Å². The van der Waals surface area contributed by atoms with Crippen LogP contribution in [0.4, 0.5) is 0 Å². The minimum absolute atomic E-state index is 0.471. The SMILES string of the molecule is COP(=S)(NC=NC1CCCC1)SC(C)C. The Kier molecular flexibility index (Phi) is 6.34. The van der Waals surface area contributed by atoms with Crippen molar-refractivity contribution in [3.05, 3.63) is 0 Å². The maximum atomic E-state index is 5.47. The van der Waals surface area contributed by atoms with Gasteiger partial charge in [-0.15, -0.1) is 0 Å². The molecule has 0 aromatic heterocycles. The smallest absolute Gasteiger partial charge is 0.211 e. The summed E-state index contributed by atoms with van der Waals surface area (Å²) >= 11 is 7.15. The van der Waals surface area contributed by atoms with E-state index in [2.05, 4.69) is 23.9 Å². The van der Waals surface area contributed by atoms with Crippen molar-refractivity contribution in [3.8, 4) is 0 Å². The standard InChI is InChI=1S/C10H21N2OPS2/c1-9(2)16-14(15,13-3)12-8-11-10-6-4-5-7-10/h8-10H,4-7H2,1-3H3,(H,11,12,15). The van der Waals surface area contributed by atoms with Crippen molar-refractivity contribution in [2.75, 3.05) is 7.11 Å². The van der Waals surface area contributed by atoms with Gasteiger partial charge in [-0.25, -0.2) is 0 Å². The first-order valence-corrected chi connectivity index (χ1v) is 9.90. The predicted octanol–water partition coefficient (Wildman–Crippen LogP) is 3.56. The molecule has 3 nitrogen and oxygen atoms in total. The summed E-state index contributed by atoms with van der Waals surface area (Å²) in [5.41, 5.74) is -1.96. The number of nitrogens with zero attached hydrogens (tertiary/aromatic N) is 1. The molecule has 1 atom stereocenters. The normalized spacial score (nSPS) is 21.8. The highest BCUT2D eigenvalue weighted by Gasteiger charge is 2.18. The lowest BCUT2D eigenvalue weighted by molar-refractivity contribution is 0.467. The molecular formula is C10H21N2OPS2. The molecule has 0 spiro atoms. The van der Waals surface area contributed by atoms with E-state index in [1.165, 1.54) is 25.7 Å². The van der Waals surface area contributed by atoms with Crippen LogP contribution >= 0.6 is 17.0 Å². The summed E-state index contributed by atoms with van der Waals surface area (Å²) < 4.78 is 5.40. The van der Waals surface area contributed by atoms with Gasteiger partial charge in [0.15, 0.2) is 0 Å². The fourth-order valence-corrected chi connectivity index (χ4v) is 6.62. The molecule has 1 fully saturated rings. The maximum absolute atomic E-state index is 5.47. The van der Waals surface area contributed by atoms with E-state index in [0.29, 0.717) is 11.3 Å². The van der Waals surface area contributed by atoms with Gasteiger partial charge in [0.25, 0.3) is 0 Å². The molecule has 0 amide bonds. The van der Waals surface area contributed by atoms with E-state index >= 15 is 0 Å². The van der Waals surface area contributed by atoms with E-state index < -0.39 is 5.62 Å². The Morgan fingerprint density at radius 1 is 1.50 bits per heavy atom. The molecule has 1 saturated carbocycles. The van der Waals surface area contributed by atoms with Crippen LogP contribution in [-0.4, -0.2) is 24.7 Å². The lowest BCUT2D eigenvalue weighted by atomic mass is 10.3. The Balaban J connectivity index is 2.40. The minimum atomic E-state index is -1.96. The second-order valence-electron chi connectivity index (χ2n) is 4.18. The van der Waals surface area contributed by atoms with Gasteiger partial charge in [0.2, 0.25) is 5.62 Å². The number of rotatable bonds is 6. The zero-order valence-corrected chi connectivity index (χ0v) is 12.7. The summed E-state index contributed by atoms with van der Waals surface area (Å²) in [4.78, 5) is 4.50. The molecular weight excluding hydrogens is 259 g/mol. The van der Waals surface area contributed by atoms with Gasteiger partial charge in [-0.05, 0) is 24.6 Å². The Labute approximate surface area is 108 Å². The summed E-state index contributed by atoms with van der Waals surface area (Å²) in [5, 5.41) is 3.65. The van der Waals surface area contributed by atoms with Gasteiger partial charge in [-0.3, -0.25) is 4.99 Å². The lowest BCUT2D eigenvalue weighted by Gasteiger charge is -2.20. The van der Waals surface area contributed by atoms with Gasteiger partial charge >= 0.3 is 0 Å². The van der Waals surface area contributed by atoms with Gasteiger partial charge in [0, 0.05) is 12.4 Å². The monoisotopic (exact) mass is 280 g/mol. The number of aliphatic imine (C=N–C) groups is 1. The van der Waals surface area contributed by atoms with Gasteiger partial charge in [-0.1, -0.05) is 38.1 Å². The average molecular weight is 280 g/mol. The van der Waals surface area contributed by atoms with Crippen LogP contribution in [0.5, 0.6) is 0 Å². The molecule has 0 aromatic carbocycles. The molecule has 16 heavy (non-hydrogen) atoms. The van der Waals surface area contributed by atoms with Crippen LogP contribution in [0.1, 0.15) is 39.5 Å². The largest absolute Gasteiger partial charge is 0.330 e. The highest BCUT2D eigenvalue weighted by atomic mass is 32.9. The first kappa shape index (κ1) is 14.5. The molecule has 0 saturated heterocycles. The van der Waals surface area contributed by atoms with Gasteiger partial charge in [0.05, 0.1) is 12.4 Å². The molecule has 0 aromatic rings. The second-order valence-corrected chi connectivity index (χ2v) is 11.4. The highest BCUT2D eigenvalue weighted by molar-refractivity contribution is 8.69. The summed E-state index contributed by atoms with van der Waals surface area (Å²) in [6, 6.07) is 0.497. The van der Waals surface area contributed by atoms with Crippen molar-refractivity contribution in [1.29, 1.82) is 0 Å². The molecule has 1 unspecified atom stereocenters. The van der Waals surface area contributed by atoms with Crippen molar-refractivity contribution in [1.82, 2.24) is 5.09 Å². The number of hydrogen-bond donors (Lipinski definition) is 1. The molecule has 1 aliphatic carbocycles. The minimum Gasteiger partial charge on any atom is -0.330 e. The van der Waals surface area contributed by atoms with E-state index in [-0.39, 0.29) is 0 Å². The number of nitrogens with one attached hydrogen (secondary N) is 1. The lowest BCUT2D eigenvalue weighted by Crippen LogP contribution is -2.10. The summed E-state index contributed by atoms with van der Waals surface area (Å²) in [5.74, 6) is 0. The van der Waals surface area contributed by atoms with E-state index in [4.69, 9.17) is 16.3 Å². The molecule has 1 N–H and O–H groups in total. The maximum Gasteiger partial charge on any atom is 0.211 e. The molecule has 0 heterocycles. The van der Waals surface area contributed by atoms with Crippen LogP contribution in [0.2, 0.25) is 0 Å². The fraction of sp³-hybridized carbons (Fsp3) is 0.900. The summed E-state index contributed by atoms with van der Waals surface area (Å²) in [6.45, 7) is 4.25. The average Bonchev–Trinajstić information content (AvgIpc) is 2.69. The Hall–Kier alpha value is 0.430. The third kappa shape index (κ3) is 5.17. The van der Waals surface area contributed by atoms with Gasteiger partial charge in [-0.2, -0.15) is 0 Å². The van der Waals surface area contributed by atoms with E-state index in [1.807, 2.05) is 0 Å². The van der Waals surface area contributed by atoms with Crippen LogP contribution in [0.3, 0.4) is 0 Å². The topological polar surface area (TPSA) is 33.6 Å². The molecule has 94 valence electrons. The summed E-state index contributed by atoms with van der Waals surface area (Å²) in [7, 11) is 1.67. The zero-order chi connectivity index (χ0) is 12.0. The Morgan fingerprint density at radius 3 is 2.62 bits per heavy atom. The van der Waals surface area contributed by atoms with Gasteiger partial charge in [0.1, 0.15) is 0 Å². The second kappa shape index (κ2) is 7.00. The van der Waals surface area contributed by atoms with E-state index in [9.17, 15) is 0 Å². The molecule has 0 aliphatic heterocycles. The van der Waals surface area contributed by atoms with Gasteiger partial charge < -0.3 is 9.61 Å². The Bertz CT molecular complexity index is 278. The third-order valence-corrected chi connectivity index (χ3v) is 8.43. The molecule has 1 rings (SSSR count). The third-order valence-electron chi connectivity index (χ3n) is 2.42. The molecule has 1 aliphatic rings. The molecule has 0 radical (unpaired) electrons. The van der Waals surface area contributed by atoms with Crippen molar-refractivity contribution >= 4 is 35.1 Å². The Morgan fingerprint density at radius 2 is 2.12 bits per heavy atom. The van der Waals surface area contributed by atoms with Crippen LogP contribution < -0.4 is 5.09 Å². The first-order valence-electron chi connectivity index (χ1n) is 5.69. The van der Waals surface area contributed by atoms with Crippen LogP contribution in [0.25, 0.3) is 0 Å². The van der Waals surface area contributed by atoms with Crippen LogP contribution in [0.15, 0.2) is 4.99 Å². The summed E-state index contributed by atoms with van der Waals surface area (Å²) in [6.07, 6.45) is 6.81.